The standard InChI is InChI=1S/C9H14N8/c1-3-16(4-2)8-13-7(10)14-9(15-8)17-6-11-5-12-17/h5-6H,3-4H2,1-2H3,(H2,10,13,14,15). The minimum absolute atomic E-state index is 0.174. The molecule has 0 saturated carbocycles. The maximum atomic E-state index is 5.66. The molecule has 90 valence electrons. The van der Waals surface area contributed by atoms with E-state index in [1.807, 2.05) is 18.7 Å². The molecule has 17 heavy (non-hydrogen) atoms. The van der Waals surface area contributed by atoms with Crippen LogP contribution in [0.4, 0.5) is 11.9 Å². The molecule has 8 heteroatoms. The lowest BCUT2D eigenvalue weighted by atomic mass is 10.5. The molecule has 0 spiro atoms. The van der Waals surface area contributed by atoms with Crippen molar-refractivity contribution in [1.29, 1.82) is 0 Å². The van der Waals surface area contributed by atoms with E-state index < -0.39 is 0 Å². The van der Waals surface area contributed by atoms with E-state index in [2.05, 4.69) is 25.0 Å². The smallest absolute Gasteiger partial charge is 0.258 e. The second-order valence-corrected chi connectivity index (χ2v) is 3.31. The van der Waals surface area contributed by atoms with Crippen molar-refractivity contribution >= 4 is 11.9 Å². The summed E-state index contributed by atoms with van der Waals surface area (Å²) in [5, 5.41) is 3.96. The Morgan fingerprint density at radius 1 is 1.24 bits per heavy atom. The van der Waals surface area contributed by atoms with Crippen molar-refractivity contribution in [1.82, 2.24) is 29.7 Å². The fraction of sp³-hybridized carbons (Fsp3) is 0.444. The molecule has 0 unspecified atom stereocenters. The lowest BCUT2D eigenvalue weighted by molar-refractivity contribution is 0.764. The molecule has 0 amide bonds. The fourth-order valence-corrected chi connectivity index (χ4v) is 1.43. The molecule has 0 aliphatic heterocycles. The number of hydrogen-bond acceptors (Lipinski definition) is 7. The van der Waals surface area contributed by atoms with Crippen molar-refractivity contribution in [2.24, 2.45) is 0 Å². The van der Waals surface area contributed by atoms with Gasteiger partial charge in [-0.05, 0) is 13.8 Å². The van der Waals surface area contributed by atoms with E-state index >= 15 is 0 Å². The average molecular weight is 234 g/mol. The Hall–Kier alpha value is -2.25. The number of nitrogens with zero attached hydrogens (tertiary/aromatic N) is 7. The van der Waals surface area contributed by atoms with Gasteiger partial charge in [-0.15, -0.1) is 0 Å². The second-order valence-electron chi connectivity index (χ2n) is 3.31. The summed E-state index contributed by atoms with van der Waals surface area (Å²) in [6.07, 6.45) is 2.93. The number of anilines is 2. The predicted octanol–water partition coefficient (Wildman–Crippen LogP) is -0.119. The minimum Gasteiger partial charge on any atom is -0.368 e. The van der Waals surface area contributed by atoms with E-state index in [-0.39, 0.29) is 5.95 Å². The molecule has 2 aromatic rings. The van der Waals surface area contributed by atoms with E-state index in [0.717, 1.165) is 13.1 Å². The highest BCUT2D eigenvalue weighted by atomic mass is 15.4. The Morgan fingerprint density at radius 2 is 2.00 bits per heavy atom. The number of nitrogens with two attached hydrogens (primary N) is 1. The molecule has 2 N–H and O–H groups in total. The molecule has 0 aliphatic carbocycles. The number of hydrogen-bond donors (Lipinski definition) is 1. The van der Waals surface area contributed by atoms with Gasteiger partial charge >= 0.3 is 0 Å². The van der Waals surface area contributed by atoms with Crippen molar-refractivity contribution < 1.29 is 0 Å². The average Bonchev–Trinajstić information content (AvgIpc) is 2.83. The molecule has 0 aliphatic rings. The maximum Gasteiger partial charge on any atom is 0.258 e. The quantitative estimate of drug-likeness (QED) is 0.787. The summed E-state index contributed by atoms with van der Waals surface area (Å²) < 4.78 is 1.45. The zero-order chi connectivity index (χ0) is 12.3. The summed E-state index contributed by atoms with van der Waals surface area (Å²) in [5.41, 5.74) is 5.66. The lowest BCUT2D eigenvalue weighted by Gasteiger charge is -2.18. The zero-order valence-corrected chi connectivity index (χ0v) is 9.78. The van der Waals surface area contributed by atoms with Crippen LogP contribution in [0.25, 0.3) is 5.95 Å². The van der Waals surface area contributed by atoms with Gasteiger partial charge in [0.25, 0.3) is 5.95 Å². The third kappa shape index (κ3) is 2.30. The highest BCUT2D eigenvalue weighted by Crippen LogP contribution is 2.10. The SMILES string of the molecule is CCN(CC)c1nc(N)nc(-n2cncn2)n1. The van der Waals surface area contributed by atoms with E-state index in [9.17, 15) is 0 Å². The van der Waals surface area contributed by atoms with Crippen LogP contribution < -0.4 is 10.6 Å². The summed E-state index contributed by atoms with van der Waals surface area (Å²) in [4.78, 5) is 18.2. The zero-order valence-electron chi connectivity index (χ0n) is 9.78. The Balaban J connectivity index is 2.42. The Morgan fingerprint density at radius 3 is 2.59 bits per heavy atom. The molecule has 2 aromatic heterocycles. The van der Waals surface area contributed by atoms with Gasteiger partial charge in [0.15, 0.2) is 0 Å². The largest absolute Gasteiger partial charge is 0.368 e. The third-order valence-corrected chi connectivity index (χ3v) is 2.30. The Bertz CT molecular complexity index is 476. The Kier molecular flexibility index (Phi) is 3.12. The molecule has 0 radical (unpaired) electrons. The molecule has 0 aromatic carbocycles. The molecule has 0 saturated heterocycles. The van der Waals surface area contributed by atoms with Crippen LogP contribution in [0.15, 0.2) is 12.7 Å². The maximum absolute atomic E-state index is 5.66. The van der Waals surface area contributed by atoms with Crippen LogP contribution in [0.3, 0.4) is 0 Å². The van der Waals surface area contributed by atoms with Gasteiger partial charge < -0.3 is 10.6 Å². The van der Waals surface area contributed by atoms with Gasteiger partial charge in [-0.1, -0.05) is 0 Å². The van der Waals surface area contributed by atoms with Crippen LogP contribution >= 0.6 is 0 Å². The first-order chi connectivity index (χ1) is 8.24. The van der Waals surface area contributed by atoms with Gasteiger partial charge in [0, 0.05) is 13.1 Å². The minimum atomic E-state index is 0.174. The molecular weight excluding hydrogens is 220 g/mol. The van der Waals surface area contributed by atoms with Crippen LogP contribution in [0.1, 0.15) is 13.8 Å². The number of nitrogen functional groups attached to an aromatic ring is 1. The van der Waals surface area contributed by atoms with Crippen molar-refractivity contribution in [3.8, 4) is 5.95 Å². The predicted molar refractivity (Wildman–Crippen MR) is 62.7 cm³/mol. The highest BCUT2D eigenvalue weighted by molar-refractivity contribution is 5.37. The van der Waals surface area contributed by atoms with Crippen LogP contribution in [-0.4, -0.2) is 42.8 Å². The van der Waals surface area contributed by atoms with Crippen LogP contribution in [-0.2, 0) is 0 Å². The van der Waals surface area contributed by atoms with Gasteiger partial charge in [0.1, 0.15) is 12.7 Å². The second kappa shape index (κ2) is 4.73. The van der Waals surface area contributed by atoms with Crippen LogP contribution in [0, 0.1) is 0 Å². The van der Waals surface area contributed by atoms with Gasteiger partial charge in [-0.25, -0.2) is 4.98 Å². The third-order valence-electron chi connectivity index (χ3n) is 2.30. The normalized spacial score (nSPS) is 10.5. The summed E-state index contributed by atoms with van der Waals surface area (Å²) in [6, 6.07) is 0. The van der Waals surface area contributed by atoms with E-state index in [1.54, 1.807) is 0 Å². The number of aromatic nitrogens is 6. The van der Waals surface area contributed by atoms with E-state index in [1.165, 1.54) is 17.3 Å². The van der Waals surface area contributed by atoms with E-state index in [4.69, 9.17) is 5.73 Å². The molecule has 0 fully saturated rings. The van der Waals surface area contributed by atoms with Crippen LogP contribution in [0.2, 0.25) is 0 Å². The highest BCUT2D eigenvalue weighted by Gasteiger charge is 2.10. The topological polar surface area (TPSA) is 98.6 Å². The van der Waals surface area contributed by atoms with Crippen molar-refractivity contribution in [3.05, 3.63) is 12.7 Å². The summed E-state index contributed by atoms with van der Waals surface area (Å²) >= 11 is 0. The molecule has 0 atom stereocenters. The molecule has 2 heterocycles. The monoisotopic (exact) mass is 234 g/mol. The lowest BCUT2D eigenvalue weighted by Crippen LogP contribution is -2.25. The first kappa shape index (κ1) is 11.2. The molecule has 2 rings (SSSR count). The van der Waals surface area contributed by atoms with Crippen molar-refractivity contribution in [3.63, 3.8) is 0 Å². The summed E-state index contributed by atoms with van der Waals surface area (Å²) in [5.74, 6) is 1.09. The Labute approximate surface area is 98.5 Å². The van der Waals surface area contributed by atoms with Crippen LogP contribution in [0.5, 0.6) is 0 Å². The number of rotatable bonds is 4. The fourth-order valence-electron chi connectivity index (χ4n) is 1.43. The van der Waals surface area contributed by atoms with Crippen molar-refractivity contribution in [2.45, 2.75) is 13.8 Å². The summed E-state index contributed by atoms with van der Waals surface area (Å²) in [7, 11) is 0. The first-order valence-electron chi connectivity index (χ1n) is 5.36. The van der Waals surface area contributed by atoms with Gasteiger partial charge in [0.2, 0.25) is 11.9 Å². The van der Waals surface area contributed by atoms with E-state index in [0.29, 0.717) is 11.9 Å². The molecule has 0 bridgehead atoms. The van der Waals surface area contributed by atoms with Crippen molar-refractivity contribution in [2.75, 3.05) is 23.7 Å². The van der Waals surface area contributed by atoms with Gasteiger partial charge in [-0.2, -0.15) is 24.7 Å². The first-order valence-corrected chi connectivity index (χ1v) is 5.36. The summed E-state index contributed by atoms with van der Waals surface area (Å²) in [6.45, 7) is 5.66. The van der Waals surface area contributed by atoms with Gasteiger partial charge in [-0.3, -0.25) is 0 Å². The molecule has 8 nitrogen and oxygen atoms in total. The van der Waals surface area contributed by atoms with Gasteiger partial charge in [0.05, 0.1) is 0 Å². The molecular formula is C9H14N8.